The smallest absolute Gasteiger partial charge is 0.225 e. The molecule has 3 saturated heterocycles. The van der Waals surface area contributed by atoms with E-state index in [1.807, 2.05) is 12.1 Å². The van der Waals surface area contributed by atoms with Crippen molar-refractivity contribution in [1.82, 2.24) is 14.7 Å². The molecule has 1 aromatic rings. The molecule has 1 amide bonds. The fraction of sp³-hybridized carbons (Fsp3) is 0.708. The van der Waals surface area contributed by atoms with Gasteiger partial charge in [0.25, 0.3) is 0 Å². The Morgan fingerprint density at radius 1 is 1.00 bits per heavy atom. The second-order valence-corrected chi connectivity index (χ2v) is 9.07. The first-order chi connectivity index (χ1) is 14.7. The highest BCUT2D eigenvalue weighted by molar-refractivity contribution is 5.79. The number of aliphatic hydroxyl groups is 1. The summed E-state index contributed by atoms with van der Waals surface area (Å²) in [5.74, 6) is 1.52. The van der Waals surface area contributed by atoms with Crippen LogP contribution in [0, 0.1) is 5.92 Å². The van der Waals surface area contributed by atoms with Gasteiger partial charge in [-0.3, -0.25) is 9.69 Å². The van der Waals surface area contributed by atoms with Crippen LogP contribution in [0.15, 0.2) is 24.3 Å². The highest BCUT2D eigenvalue weighted by Crippen LogP contribution is 2.27. The molecule has 4 rings (SSSR count). The fourth-order valence-electron chi connectivity index (χ4n) is 5.31. The van der Waals surface area contributed by atoms with E-state index < -0.39 is 0 Å². The summed E-state index contributed by atoms with van der Waals surface area (Å²) < 4.78 is 5.54. The topological polar surface area (TPSA) is 56.3 Å². The van der Waals surface area contributed by atoms with Crippen LogP contribution in [0.2, 0.25) is 0 Å². The number of benzene rings is 1. The van der Waals surface area contributed by atoms with Crippen LogP contribution in [0.25, 0.3) is 0 Å². The maximum Gasteiger partial charge on any atom is 0.225 e. The van der Waals surface area contributed by atoms with E-state index in [4.69, 9.17) is 9.84 Å². The lowest BCUT2D eigenvalue weighted by molar-refractivity contribution is -0.136. The maximum atomic E-state index is 12.7. The van der Waals surface area contributed by atoms with Crippen molar-refractivity contribution in [2.75, 3.05) is 52.5 Å². The van der Waals surface area contributed by atoms with Gasteiger partial charge in [-0.25, -0.2) is 0 Å². The first kappa shape index (κ1) is 21.6. The van der Waals surface area contributed by atoms with Crippen molar-refractivity contribution >= 4 is 5.91 Å². The average molecular weight is 416 g/mol. The van der Waals surface area contributed by atoms with Gasteiger partial charge in [-0.05, 0) is 82.4 Å². The number of rotatable bonds is 7. The number of nitrogens with zero attached hydrogens (tertiary/aromatic N) is 3. The number of aliphatic hydroxyl groups excluding tert-OH is 1. The Labute approximate surface area is 180 Å². The first-order valence-electron chi connectivity index (χ1n) is 11.8. The molecule has 0 aliphatic carbocycles. The van der Waals surface area contributed by atoms with E-state index >= 15 is 0 Å². The lowest BCUT2D eigenvalue weighted by Crippen LogP contribution is -2.49. The van der Waals surface area contributed by atoms with Gasteiger partial charge in [0.15, 0.2) is 0 Å². The van der Waals surface area contributed by atoms with Gasteiger partial charge in [-0.15, -0.1) is 0 Å². The van der Waals surface area contributed by atoms with E-state index in [1.165, 1.54) is 31.2 Å². The number of hydrogen-bond donors (Lipinski definition) is 1. The third-order valence-electron chi connectivity index (χ3n) is 7.03. The van der Waals surface area contributed by atoms with Gasteiger partial charge in [0, 0.05) is 31.6 Å². The zero-order valence-corrected chi connectivity index (χ0v) is 18.2. The van der Waals surface area contributed by atoms with Gasteiger partial charge in [0.05, 0.1) is 6.61 Å². The van der Waals surface area contributed by atoms with Crippen LogP contribution < -0.4 is 4.74 Å². The zero-order chi connectivity index (χ0) is 20.8. The second kappa shape index (κ2) is 10.6. The predicted octanol–water partition coefficient (Wildman–Crippen LogP) is 2.36. The van der Waals surface area contributed by atoms with Crippen molar-refractivity contribution < 1.29 is 14.6 Å². The van der Waals surface area contributed by atoms with Crippen LogP contribution in [0.4, 0.5) is 0 Å². The minimum absolute atomic E-state index is 0.0431. The molecule has 1 aromatic carbocycles. The van der Waals surface area contributed by atoms with Crippen LogP contribution in [-0.2, 0) is 11.3 Å². The summed E-state index contributed by atoms with van der Waals surface area (Å²) in [6, 6.07) is 8.89. The van der Waals surface area contributed by atoms with Crippen molar-refractivity contribution in [3.05, 3.63) is 29.8 Å². The summed E-state index contributed by atoms with van der Waals surface area (Å²) in [5, 5.41) is 8.93. The van der Waals surface area contributed by atoms with Gasteiger partial charge in [0.2, 0.25) is 5.91 Å². The maximum absolute atomic E-state index is 12.7. The number of amides is 1. The molecule has 0 bridgehead atoms. The molecular formula is C24H37N3O3. The van der Waals surface area contributed by atoms with Gasteiger partial charge >= 0.3 is 0 Å². The Morgan fingerprint density at radius 2 is 1.73 bits per heavy atom. The zero-order valence-electron chi connectivity index (χ0n) is 18.2. The molecule has 3 heterocycles. The SMILES string of the molecule is O=C(C1CCN(C2CCN(Cc3cccc(OCCO)c3)CC2)CC1)N1CCCC1. The fourth-order valence-corrected chi connectivity index (χ4v) is 5.31. The molecule has 166 valence electrons. The van der Waals surface area contributed by atoms with Crippen molar-refractivity contribution in [2.24, 2.45) is 5.92 Å². The summed E-state index contributed by atoms with van der Waals surface area (Å²) in [5.41, 5.74) is 1.27. The van der Waals surface area contributed by atoms with Crippen LogP contribution >= 0.6 is 0 Å². The number of carbonyl (C=O) groups excluding carboxylic acids is 1. The molecule has 0 aromatic heterocycles. The molecule has 0 radical (unpaired) electrons. The summed E-state index contributed by atoms with van der Waals surface area (Å²) in [7, 11) is 0. The molecular weight excluding hydrogens is 378 g/mol. The highest BCUT2D eigenvalue weighted by Gasteiger charge is 2.33. The molecule has 6 heteroatoms. The van der Waals surface area contributed by atoms with E-state index in [0.717, 1.165) is 64.4 Å². The van der Waals surface area contributed by atoms with Crippen molar-refractivity contribution in [1.29, 1.82) is 0 Å². The van der Waals surface area contributed by atoms with E-state index in [0.29, 0.717) is 18.6 Å². The van der Waals surface area contributed by atoms with E-state index in [1.54, 1.807) is 0 Å². The van der Waals surface area contributed by atoms with Crippen molar-refractivity contribution in [3.8, 4) is 5.75 Å². The highest BCUT2D eigenvalue weighted by atomic mass is 16.5. The number of ether oxygens (including phenoxy) is 1. The Balaban J connectivity index is 1.19. The molecule has 3 aliphatic rings. The average Bonchev–Trinajstić information content (AvgIpc) is 3.33. The largest absolute Gasteiger partial charge is 0.491 e. The summed E-state index contributed by atoms with van der Waals surface area (Å²) in [6.45, 7) is 7.71. The number of hydrogen-bond acceptors (Lipinski definition) is 5. The Hall–Kier alpha value is -1.63. The quantitative estimate of drug-likeness (QED) is 0.741. The lowest BCUT2D eigenvalue weighted by atomic mass is 9.92. The molecule has 0 saturated carbocycles. The summed E-state index contributed by atoms with van der Waals surface area (Å²) in [4.78, 5) is 19.9. The van der Waals surface area contributed by atoms with E-state index in [9.17, 15) is 4.79 Å². The number of likely N-dealkylation sites (tertiary alicyclic amines) is 3. The predicted molar refractivity (Wildman–Crippen MR) is 117 cm³/mol. The van der Waals surface area contributed by atoms with Crippen LogP contribution in [0.3, 0.4) is 0 Å². The second-order valence-electron chi connectivity index (χ2n) is 9.07. The molecule has 3 fully saturated rings. The van der Waals surface area contributed by atoms with Crippen molar-refractivity contribution in [3.63, 3.8) is 0 Å². The Bertz CT molecular complexity index is 676. The first-order valence-corrected chi connectivity index (χ1v) is 11.8. The summed E-state index contributed by atoms with van der Waals surface area (Å²) >= 11 is 0. The summed E-state index contributed by atoms with van der Waals surface area (Å²) in [6.07, 6.45) is 6.87. The Morgan fingerprint density at radius 3 is 2.43 bits per heavy atom. The van der Waals surface area contributed by atoms with E-state index in [2.05, 4.69) is 26.8 Å². The van der Waals surface area contributed by atoms with Gasteiger partial charge in [0.1, 0.15) is 12.4 Å². The molecule has 6 nitrogen and oxygen atoms in total. The number of piperidine rings is 2. The molecule has 1 N–H and O–H groups in total. The molecule has 3 aliphatic heterocycles. The lowest BCUT2D eigenvalue weighted by Gasteiger charge is -2.42. The standard InChI is InChI=1S/C24H37N3O3/c28-16-17-30-23-5-3-4-20(18-23)19-25-12-8-22(9-13-25)26-14-6-21(7-15-26)24(29)27-10-1-2-11-27/h3-5,18,21-22,28H,1-2,6-17,19H2. The third kappa shape index (κ3) is 5.54. The van der Waals surface area contributed by atoms with Crippen molar-refractivity contribution in [2.45, 2.75) is 51.1 Å². The van der Waals surface area contributed by atoms with Gasteiger partial charge < -0.3 is 19.6 Å². The minimum Gasteiger partial charge on any atom is -0.491 e. The van der Waals surface area contributed by atoms with E-state index in [-0.39, 0.29) is 12.5 Å². The minimum atomic E-state index is 0.0431. The van der Waals surface area contributed by atoms with Crippen LogP contribution in [-0.4, -0.2) is 84.2 Å². The monoisotopic (exact) mass is 415 g/mol. The molecule has 30 heavy (non-hydrogen) atoms. The van der Waals surface area contributed by atoms with Gasteiger partial charge in [-0.1, -0.05) is 12.1 Å². The van der Waals surface area contributed by atoms with Crippen LogP contribution in [0.1, 0.15) is 44.1 Å². The molecule has 0 spiro atoms. The normalized spacial score (nSPS) is 22.5. The molecule has 0 unspecified atom stereocenters. The number of carbonyl (C=O) groups is 1. The van der Waals surface area contributed by atoms with Crippen LogP contribution in [0.5, 0.6) is 5.75 Å². The molecule has 0 atom stereocenters. The van der Waals surface area contributed by atoms with Gasteiger partial charge in [-0.2, -0.15) is 0 Å². The Kier molecular flexibility index (Phi) is 7.63. The third-order valence-corrected chi connectivity index (χ3v) is 7.03.